The Kier molecular flexibility index (Phi) is 6.03. The summed E-state index contributed by atoms with van der Waals surface area (Å²) in [6.45, 7) is 10.5. The number of anilines is 1. The molecule has 1 aliphatic rings. The second kappa shape index (κ2) is 7.78. The van der Waals surface area contributed by atoms with Gasteiger partial charge in [0.1, 0.15) is 26.2 Å². The van der Waals surface area contributed by atoms with Crippen molar-refractivity contribution in [1.82, 2.24) is 0 Å². The smallest absolute Gasteiger partial charge is 0.279 e. The summed E-state index contributed by atoms with van der Waals surface area (Å²) < 4.78 is 0. The normalized spacial score (nSPS) is 22.0. The minimum absolute atomic E-state index is 0.0781. The number of halogens is 1. The monoisotopic (exact) mass is 311 g/mol. The van der Waals surface area contributed by atoms with Crippen molar-refractivity contribution in [2.24, 2.45) is 0 Å². The molecular formula is C16H26ClN3O+2. The van der Waals surface area contributed by atoms with Gasteiger partial charge in [-0.1, -0.05) is 24.6 Å². The predicted octanol–water partition coefficient (Wildman–Crippen LogP) is -0.220. The molecule has 1 aromatic carbocycles. The highest BCUT2D eigenvalue weighted by Gasteiger charge is 2.24. The molecule has 1 aromatic rings. The van der Waals surface area contributed by atoms with Crippen molar-refractivity contribution in [1.29, 1.82) is 0 Å². The third kappa shape index (κ3) is 4.99. The fourth-order valence-corrected chi connectivity index (χ4v) is 3.06. The van der Waals surface area contributed by atoms with Gasteiger partial charge in [0.05, 0.1) is 6.54 Å². The fraction of sp³-hybridized carbons (Fsp3) is 0.562. The van der Waals surface area contributed by atoms with Gasteiger partial charge in [0, 0.05) is 10.7 Å². The average molecular weight is 312 g/mol. The maximum atomic E-state index is 12.2. The third-order valence-corrected chi connectivity index (χ3v) is 4.39. The molecule has 5 heteroatoms. The van der Waals surface area contributed by atoms with Gasteiger partial charge >= 0.3 is 0 Å². The first kappa shape index (κ1) is 16.3. The molecule has 3 N–H and O–H groups in total. The number of nitrogens with one attached hydrogen (secondary N) is 3. The number of hydrogen-bond acceptors (Lipinski definition) is 1. The van der Waals surface area contributed by atoms with Gasteiger partial charge in [-0.15, -0.1) is 0 Å². The summed E-state index contributed by atoms with van der Waals surface area (Å²) in [4.78, 5) is 15.2. The van der Waals surface area contributed by atoms with Crippen molar-refractivity contribution in [2.75, 3.05) is 44.6 Å². The first-order chi connectivity index (χ1) is 10.1. The van der Waals surface area contributed by atoms with Crippen LogP contribution in [0, 0.1) is 6.92 Å². The van der Waals surface area contributed by atoms with Crippen LogP contribution in [0.1, 0.15) is 18.9 Å². The maximum absolute atomic E-state index is 12.2. The lowest BCUT2D eigenvalue weighted by Gasteiger charge is -2.29. The summed E-state index contributed by atoms with van der Waals surface area (Å²) in [5, 5.41) is 3.64. The Morgan fingerprint density at radius 3 is 2.57 bits per heavy atom. The average Bonchev–Trinajstić information content (AvgIpc) is 2.45. The summed E-state index contributed by atoms with van der Waals surface area (Å²) in [6, 6.07) is 5.58. The van der Waals surface area contributed by atoms with Gasteiger partial charge in [-0.2, -0.15) is 0 Å². The number of carbonyl (C=O) groups is 1. The first-order valence-electron chi connectivity index (χ1n) is 7.81. The van der Waals surface area contributed by atoms with E-state index < -0.39 is 0 Å². The molecule has 116 valence electrons. The quantitative estimate of drug-likeness (QED) is 0.691. The number of rotatable bonds is 5. The summed E-state index contributed by atoms with van der Waals surface area (Å²) in [5.74, 6) is 0.0781. The summed E-state index contributed by atoms with van der Waals surface area (Å²) in [7, 11) is 0. The Hall–Kier alpha value is -1.10. The third-order valence-electron chi connectivity index (χ3n) is 4.15. The molecule has 0 radical (unpaired) electrons. The lowest BCUT2D eigenvalue weighted by Crippen LogP contribution is -3.28. The molecule has 0 unspecified atom stereocenters. The molecule has 0 spiro atoms. The van der Waals surface area contributed by atoms with E-state index in [2.05, 4.69) is 12.2 Å². The molecule has 1 aliphatic heterocycles. The number of piperazine rings is 1. The van der Waals surface area contributed by atoms with E-state index >= 15 is 0 Å². The number of carbonyl (C=O) groups excluding carboxylic acids is 1. The minimum Gasteiger partial charge on any atom is -0.326 e. The Bertz CT molecular complexity index is 484. The van der Waals surface area contributed by atoms with Crippen LogP contribution in [-0.2, 0) is 4.79 Å². The van der Waals surface area contributed by atoms with E-state index in [0.717, 1.165) is 24.3 Å². The van der Waals surface area contributed by atoms with E-state index in [1.807, 2.05) is 25.1 Å². The molecular weight excluding hydrogens is 286 g/mol. The number of benzene rings is 1. The number of amides is 1. The standard InChI is InChI=1S/C16H24ClN3O/c1-3-6-19-7-9-20(10-8-19)12-16(21)18-15-11-14(17)5-4-13(15)2/h4-5,11H,3,6-10,12H2,1-2H3,(H,18,21)/p+2. The van der Waals surface area contributed by atoms with Crippen LogP contribution < -0.4 is 15.1 Å². The Morgan fingerprint density at radius 2 is 1.90 bits per heavy atom. The molecule has 1 heterocycles. The zero-order valence-corrected chi connectivity index (χ0v) is 13.7. The summed E-state index contributed by atoms with van der Waals surface area (Å²) in [5.41, 5.74) is 1.86. The van der Waals surface area contributed by atoms with Crippen LogP contribution in [0.5, 0.6) is 0 Å². The summed E-state index contributed by atoms with van der Waals surface area (Å²) >= 11 is 5.98. The van der Waals surface area contributed by atoms with Gasteiger partial charge < -0.3 is 15.1 Å². The number of quaternary nitrogens is 2. The van der Waals surface area contributed by atoms with Crippen molar-refractivity contribution >= 4 is 23.2 Å². The van der Waals surface area contributed by atoms with Crippen molar-refractivity contribution < 1.29 is 14.6 Å². The van der Waals surface area contributed by atoms with Gasteiger partial charge in [0.15, 0.2) is 6.54 Å². The molecule has 1 fully saturated rings. The number of hydrogen-bond donors (Lipinski definition) is 3. The Morgan fingerprint density at radius 1 is 1.24 bits per heavy atom. The molecule has 4 nitrogen and oxygen atoms in total. The lowest BCUT2D eigenvalue weighted by molar-refractivity contribution is -1.01. The fourth-order valence-electron chi connectivity index (χ4n) is 2.89. The van der Waals surface area contributed by atoms with Gasteiger partial charge in [-0.25, -0.2) is 0 Å². The van der Waals surface area contributed by atoms with Crippen LogP contribution >= 0.6 is 11.6 Å². The minimum atomic E-state index is 0.0781. The van der Waals surface area contributed by atoms with E-state index in [-0.39, 0.29) is 5.91 Å². The van der Waals surface area contributed by atoms with Crippen molar-refractivity contribution in [3.8, 4) is 0 Å². The van der Waals surface area contributed by atoms with Crippen LogP contribution in [0.2, 0.25) is 5.02 Å². The predicted molar refractivity (Wildman–Crippen MR) is 86.2 cm³/mol. The second-order valence-corrected chi connectivity index (χ2v) is 6.37. The largest absolute Gasteiger partial charge is 0.326 e. The van der Waals surface area contributed by atoms with E-state index in [1.54, 1.807) is 4.90 Å². The molecule has 0 atom stereocenters. The summed E-state index contributed by atoms with van der Waals surface area (Å²) in [6.07, 6.45) is 1.24. The number of aryl methyl sites for hydroxylation is 1. The van der Waals surface area contributed by atoms with E-state index in [1.165, 1.54) is 31.0 Å². The first-order valence-corrected chi connectivity index (χ1v) is 8.19. The molecule has 0 aromatic heterocycles. The highest BCUT2D eigenvalue weighted by atomic mass is 35.5. The molecule has 21 heavy (non-hydrogen) atoms. The Labute approximate surface area is 132 Å². The van der Waals surface area contributed by atoms with Gasteiger partial charge in [0.25, 0.3) is 5.91 Å². The van der Waals surface area contributed by atoms with Gasteiger partial charge in [0.2, 0.25) is 0 Å². The lowest BCUT2D eigenvalue weighted by atomic mass is 10.2. The zero-order chi connectivity index (χ0) is 15.2. The SMILES string of the molecule is CCC[NH+]1CC[NH+](CC(=O)Nc2cc(Cl)ccc2C)CC1. The van der Waals surface area contributed by atoms with Crippen molar-refractivity contribution in [2.45, 2.75) is 20.3 Å². The van der Waals surface area contributed by atoms with Crippen molar-refractivity contribution in [3.63, 3.8) is 0 Å². The highest BCUT2D eigenvalue weighted by molar-refractivity contribution is 6.31. The molecule has 1 saturated heterocycles. The zero-order valence-electron chi connectivity index (χ0n) is 13.0. The highest BCUT2D eigenvalue weighted by Crippen LogP contribution is 2.19. The van der Waals surface area contributed by atoms with E-state index in [4.69, 9.17) is 11.6 Å². The molecule has 0 bridgehead atoms. The van der Waals surface area contributed by atoms with E-state index in [9.17, 15) is 4.79 Å². The topological polar surface area (TPSA) is 38.0 Å². The molecule has 0 saturated carbocycles. The van der Waals surface area contributed by atoms with E-state index in [0.29, 0.717) is 11.6 Å². The van der Waals surface area contributed by atoms with Crippen LogP contribution in [0.25, 0.3) is 0 Å². The van der Waals surface area contributed by atoms with Gasteiger partial charge in [-0.3, -0.25) is 4.79 Å². The molecule has 0 aliphatic carbocycles. The van der Waals surface area contributed by atoms with Crippen LogP contribution in [-0.4, -0.2) is 45.2 Å². The second-order valence-electron chi connectivity index (χ2n) is 5.93. The van der Waals surface area contributed by atoms with Crippen LogP contribution in [0.4, 0.5) is 5.69 Å². The van der Waals surface area contributed by atoms with Crippen molar-refractivity contribution in [3.05, 3.63) is 28.8 Å². The molecule has 2 rings (SSSR count). The molecule has 1 amide bonds. The Balaban J connectivity index is 1.81. The maximum Gasteiger partial charge on any atom is 0.279 e. The van der Waals surface area contributed by atoms with Crippen LogP contribution in [0.3, 0.4) is 0 Å². The van der Waals surface area contributed by atoms with Gasteiger partial charge in [-0.05, 0) is 31.0 Å². The van der Waals surface area contributed by atoms with Crippen LogP contribution in [0.15, 0.2) is 18.2 Å².